The summed E-state index contributed by atoms with van der Waals surface area (Å²) in [5, 5.41) is 4.20. The molecule has 0 saturated carbocycles. The fourth-order valence-corrected chi connectivity index (χ4v) is 2.82. The van der Waals surface area contributed by atoms with Crippen molar-refractivity contribution in [1.82, 2.24) is 14.7 Å². The summed E-state index contributed by atoms with van der Waals surface area (Å²) < 4.78 is 12.3. The molecule has 0 N–H and O–H groups in total. The fourth-order valence-electron chi connectivity index (χ4n) is 2.82. The lowest BCUT2D eigenvalue weighted by molar-refractivity contribution is 0.0761. The summed E-state index contributed by atoms with van der Waals surface area (Å²) in [6.07, 6.45) is 0.594. The van der Waals surface area contributed by atoms with Crippen molar-refractivity contribution in [2.45, 2.75) is 26.4 Å². The normalized spacial score (nSPS) is 17.5. The van der Waals surface area contributed by atoms with Crippen LogP contribution in [0.5, 0.6) is 5.75 Å². The van der Waals surface area contributed by atoms with E-state index < -0.39 is 5.63 Å². The first-order valence-corrected chi connectivity index (χ1v) is 7.51. The van der Waals surface area contributed by atoms with Crippen molar-refractivity contribution in [1.29, 1.82) is 0 Å². The van der Waals surface area contributed by atoms with Crippen LogP contribution in [0.15, 0.2) is 27.4 Å². The lowest BCUT2D eigenvalue weighted by Gasteiger charge is -2.17. The number of aromatic nitrogens is 2. The quantitative estimate of drug-likeness (QED) is 0.852. The minimum absolute atomic E-state index is 0.0528. The molecular formula is C16H19N3O4. The highest BCUT2D eigenvalue weighted by Crippen LogP contribution is 2.20. The molecule has 7 nitrogen and oxygen atoms in total. The summed E-state index contributed by atoms with van der Waals surface area (Å²) in [5.74, 6) is 0.932. The highest BCUT2D eigenvalue weighted by molar-refractivity contribution is 5.92. The molecule has 1 unspecified atom stereocenters. The van der Waals surface area contributed by atoms with Crippen molar-refractivity contribution in [2.24, 2.45) is 7.05 Å². The van der Waals surface area contributed by atoms with Gasteiger partial charge in [0.2, 0.25) is 0 Å². The van der Waals surface area contributed by atoms with E-state index in [0.29, 0.717) is 30.3 Å². The summed E-state index contributed by atoms with van der Waals surface area (Å²) >= 11 is 0. The molecule has 0 aromatic carbocycles. The number of nitrogens with zero attached hydrogens (tertiary/aromatic N) is 3. The van der Waals surface area contributed by atoms with Gasteiger partial charge in [-0.1, -0.05) is 0 Å². The van der Waals surface area contributed by atoms with Gasteiger partial charge in [0, 0.05) is 26.1 Å². The second-order valence-electron chi connectivity index (χ2n) is 5.80. The molecule has 23 heavy (non-hydrogen) atoms. The smallest absolute Gasteiger partial charge is 0.339 e. The van der Waals surface area contributed by atoms with Gasteiger partial charge in [0.25, 0.3) is 5.91 Å². The third kappa shape index (κ3) is 3.28. The molecule has 0 bridgehead atoms. The topological polar surface area (TPSA) is 77.6 Å². The Morgan fingerprint density at radius 1 is 1.35 bits per heavy atom. The SMILES string of the molecule is Cc1cc(C(=O)N2CCC(Oc3cc(C)oc(=O)c3)C2)n(C)n1. The molecule has 1 atom stereocenters. The minimum Gasteiger partial charge on any atom is -0.488 e. The zero-order valence-electron chi connectivity index (χ0n) is 13.4. The number of aryl methyl sites for hydroxylation is 3. The summed E-state index contributed by atoms with van der Waals surface area (Å²) in [7, 11) is 1.76. The number of carbonyl (C=O) groups is 1. The lowest BCUT2D eigenvalue weighted by Crippen LogP contribution is -2.32. The van der Waals surface area contributed by atoms with Crippen LogP contribution in [0, 0.1) is 13.8 Å². The molecule has 1 saturated heterocycles. The van der Waals surface area contributed by atoms with Crippen LogP contribution in [0.25, 0.3) is 0 Å². The summed E-state index contributed by atoms with van der Waals surface area (Å²) in [6.45, 7) is 4.66. The Labute approximate surface area is 133 Å². The first kappa shape index (κ1) is 15.3. The molecule has 122 valence electrons. The Hall–Kier alpha value is -2.57. The Morgan fingerprint density at radius 2 is 2.13 bits per heavy atom. The van der Waals surface area contributed by atoms with Gasteiger partial charge in [-0.3, -0.25) is 9.48 Å². The van der Waals surface area contributed by atoms with Crippen molar-refractivity contribution in [2.75, 3.05) is 13.1 Å². The highest BCUT2D eigenvalue weighted by atomic mass is 16.5. The van der Waals surface area contributed by atoms with Crippen LogP contribution in [-0.2, 0) is 7.05 Å². The van der Waals surface area contributed by atoms with E-state index in [0.717, 1.165) is 12.1 Å². The maximum absolute atomic E-state index is 12.5. The average molecular weight is 317 g/mol. The van der Waals surface area contributed by atoms with Crippen LogP contribution >= 0.6 is 0 Å². The summed E-state index contributed by atoms with van der Waals surface area (Å²) in [4.78, 5) is 25.6. The molecule has 1 aliphatic heterocycles. The number of rotatable bonds is 3. The van der Waals surface area contributed by atoms with E-state index in [2.05, 4.69) is 5.10 Å². The Balaban J connectivity index is 1.67. The first-order valence-electron chi connectivity index (χ1n) is 7.51. The van der Waals surface area contributed by atoms with Crippen LogP contribution in [-0.4, -0.2) is 39.8 Å². The molecule has 2 aromatic heterocycles. The number of ether oxygens (including phenoxy) is 1. The zero-order valence-corrected chi connectivity index (χ0v) is 13.4. The molecule has 0 spiro atoms. The molecular weight excluding hydrogens is 298 g/mol. The second kappa shape index (κ2) is 5.91. The average Bonchev–Trinajstić information content (AvgIpc) is 3.03. The Morgan fingerprint density at radius 3 is 2.78 bits per heavy atom. The van der Waals surface area contributed by atoms with Crippen LogP contribution < -0.4 is 10.4 Å². The lowest BCUT2D eigenvalue weighted by atomic mass is 10.3. The van der Waals surface area contributed by atoms with Crippen LogP contribution in [0.4, 0.5) is 0 Å². The fraction of sp³-hybridized carbons (Fsp3) is 0.438. The van der Waals surface area contributed by atoms with Gasteiger partial charge in [0.15, 0.2) is 0 Å². The minimum atomic E-state index is -0.434. The highest BCUT2D eigenvalue weighted by Gasteiger charge is 2.29. The van der Waals surface area contributed by atoms with E-state index in [9.17, 15) is 9.59 Å². The van der Waals surface area contributed by atoms with Gasteiger partial charge in [-0.2, -0.15) is 5.10 Å². The van der Waals surface area contributed by atoms with Crippen molar-refractivity contribution >= 4 is 5.91 Å². The van der Waals surface area contributed by atoms with Gasteiger partial charge < -0.3 is 14.1 Å². The summed E-state index contributed by atoms with van der Waals surface area (Å²) in [6, 6.07) is 4.78. The second-order valence-corrected chi connectivity index (χ2v) is 5.80. The van der Waals surface area contributed by atoms with Crippen molar-refractivity contribution in [3.63, 3.8) is 0 Å². The summed E-state index contributed by atoms with van der Waals surface area (Å²) in [5.41, 5.74) is 0.949. The molecule has 7 heteroatoms. The number of amides is 1. The van der Waals surface area contributed by atoms with Crippen LogP contribution in [0.3, 0.4) is 0 Å². The maximum Gasteiger partial charge on any atom is 0.339 e. The van der Waals surface area contributed by atoms with E-state index in [4.69, 9.17) is 9.15 Å². The van der Waals surface area contributed by atoms with Gasteiger partial charge in [-0.05, 0) is 19.9 Å². The van der Waals surface area contributed by atoms with Gasteiger partial charge >= 0.3 is 5.63 Å². The number of hydrogen-bond donors (Lipinski definition) is 0. The van der Waals surface area contributed by atoms with Gasteiger partial charge in [0.1, 0.15) is 23.3 Å². The van der Waals surface area contributed by atoms with Crippen LogP contribution in [0.2, 0.25) is 0 Å². The van der Waals surface area contributed by atoms with E-state index in [-0.39, 0.29) is 12.0 Å². The van der Waals surface area contributed by atoms with Gasteiger partial charge in [0.05, 0.1) is 18.3 Å². The third-order valence-electron chi connectivity index (χ3n) is 3.82. The molecule has 0 aliphatic carbocycles. The molecule has 1 amide bonds. The maximum atomic E-state index is 12.5. The predicted molar refractivity (Wildman–Crippen MR) is 82.6 cm³/mol. The monoisotopic (exact) mass is 317 g/mol. The Kier molecular flexibility index (Phi) is 3.94. The van der Waals surface area contributed by atoms with E-state index in [1.54, 1.807) is 35.7 Å². The van der Waals surface area contributed by atoms with Gasteiger partial charge in [-0.25, -0.2) is 4.79 Å². The molecule has 3 rings (SSSR count). The van der Waals surface area contributed by atoms with Crippen molar-refractivity contribution < 1.29 is 13.9 Å². The molecule has 1 aliphatic rings. The number of hydrogen-bond acceptors (Lipinski definition) is 5. The van der Waals surface area contributed by atoms with Crippen molar-refractivity contribution in [3.8, 4) is 5.75 Å². The van der Waals surface area contributed by atoms with Gasteiger partial charge in [-0.15, -0.1) is 0 Å². The van der Waals surface area contributed by atoms with E-state index in [1.165, 1.54) is 6.07 Å². The third-order valence-corrected chi connectivity index (χ3v) is 3.82. The van der Waals surface area contributed by atoms with E-state index >= 15 is 0 Å². The zero-order chi connectivity index (χ0) is 16.6. The largest absolute Gasteiger partial charge is 0.488 e. The molecule has 1 fully saturated rings. The van der Waals surface area contributed by atoms with Crippen LogP contribution in [0.1, 0.15) is 28.4 Å². The standard InChI is InChI=1S/C16H19N3O4/c1-10-6-14(18(3)17-10)16(21)19-5-4-12(9-19)23-13-7-11(2)22-15(20)8-13/h6-8,12H,4-5,9H2,1-3H3. The number of carbonyl (C=O) groups excluding carboxylic acids is 1. The molecule has 2 aromatic rings. The molecule has 3 heterocycles. The number of likely N-dealkylation sites (tertiary alicyclic amines) is 1. The molecule has 0 radical (unpaired) electrons. The predicted octanol–water partition coefficient (Wildman–Crippen LogP) is 1.28. The first-order chi connectivity index (χ1) is 10.9. The van der Waals surface area contributed by atoms with Crippen molar-refractivity contribution in [3.05, 3.63) is 45.8 Å². The Bertz CT molecular complexity index is 793. The van der Waals surface area contributed by atoms with E-state index in [1.807, 2.05) is 6.92 Å².